The number of benzene rings is 6. The van der Waals surface area contributed by atoms with Gasteiger partial charge in [0.1, 0.15) is 17.4 Å². The van der Waals surface area contributed by atoms with Gasteiger partial charge in [-0.1, -0.05) is 108 Å². The monoisotopic (exact) mass is 839 g/mol. The summed E-state index contributed by atoms with van der Waals surface area (Å²) < 4.78 is 47.7. The van der Waals surface area contributed by atoms with Gasteiger partial charge < -0.3 is 5.11 Å². The highest BCUT2D eigenvalue weighted by molar-refractivity contribution is 6.23. The number of hydrogen-bond donors (Lipinski definition) is 1. The number of imidazole rings is 2. The maximum absolute atomic E-state index is 14.5. The molecule has 0 saturated heterocycles. The fourth-order valence-corrected chi connectivity index (χ4v) is 9.77. The molecule has 0 fully saturated rings. The van der Waals surface area contributed by atoms with E-state index in [1.807, 2.05) is 54.6 Å². The van der Waals surface area contributed by atoms with Gasteiger partial charge in [-0.2, -0.15) is 13.2 Å². The minimum absolute atomic E-state index is 0.0925. The summed E-state index contributed by atoms with van der Waals surface area (Å²) in [6.45, 7) is 21.0. The first-order chi connectivity index (χ1) is 29.7. The van der Waals surface area contributed by atoms with E-state index >= 15 is 0 Å². The number of aryl methyl sites for hydroxylation is 4. The number of hydrogen-bond acceptors (Lipinski definition) is 4. The molecule has 1 N–H and O–H groups in total. The van der Waals surface area contributed by atoms with Crippen molar-refractivity contribution in [3.8, 4) is 45.1 Å². The number of alkyl halides is 3. The van der Waals surface area contributed by atoms with Gasteiger partial charge in [0.25, 0.3) is 0 Å². The maximum Gasteiger partial charge on any atom is 0.418 e. The van der Waals surface area contributed by atoms with Crippen LogP contribution in [0.15, 0.2) is 103 Å². The number of halogens is 3. The Bertz CT molecular complexity index is 3510. The maximum atomic E-state index is 14.5. The Morgan fingerprint density at radius 2 is 1.35 bits per heavy atom. The van der Waals surface area contributed by atoms with Gasteiger partial charge in [0, 0.05) is 33.7 Å². The van der Waals surface area contributed by atoms with E-state index < -0.39 is 11.7 Å². The Balaban J connectivity index is 1.34. The third-order valence-corrected chi connectivity index (χ3v) is 12.7. The van der Waals surface area contributed by atoms with Crippen molar-refractivity contribution in [2.45, 2.75) is 86.2 Å². The summed E-state index contributed by atoms with van der Waals surface area (Å²) in [5.74, 6) is 1.46. The van der Waals surface area contributed by atoms with Crippen molar-refractivity contribution in [2.75, 3.05) is 0 Å². The van der Waals surface area contributed by atoms with Gasteiger partial charge in [-0.3, -0.25) is 14.0 Å². The summed E-state index contributed by atoms with van der Waals surface area (Å²) in [5.41, 5.74) is 13.0. The van der Waals surface area contributed by atoms with E-state index in [1.54, 1.807) is 6.07 Å². The molecule has 4 heterocycles. The highest BCUT2D eigenvalue weighted by Crippen LogP contribution is 2.47. The van der Waals surface area contributed by atoms with Crippen molar-refractivity contribution in [1.29, 1.82) is 0 Å². The summed E-state index contributed by atoms with van der Waals surface area (Å²) in [5, 5.41) is 13.7. The van der Waals surface area contributed by atoms with E-state index in [1.165, 1.54) is 6.07 Å². The zero-order chi connectivity index (χ0) is 44.7. The number of fused-ring (bicyclic) bond motifs is 4. The van der Waals surface area contributed by atoms with Crippen LogP contribution in [0, 0.1) is 27.7 Å². The molecule has 63 heavy (non-hydrogen) atoms. The first-order valence-corrected chi connectivity index (χ1v) is 21.3. The van der Waals surface area contributed by atoms with Gasteiger partial charge in [-0.25, -0.2) is 9.97 Å². The largest absolute Gasteiger partial charge is 0.507 e. The summed E-state index contributed by atoms with van der Waals surface area (Å²) in [6, 6.07) is 32.4. The van der Waals surface area contributed by atoms with Crippen LogP contribution in [0.2, 0.25) is 0 Å². The summed E-state index contributed by atoms with van der Waals surface area (Å²) in [4.78, 5) is 15.0. The Labute approximate surface area is 364 Å². The summed E-state index contributed by atoms with van der Waals surface area (Å²) in [7, 11) is 0. The number of rotatable bonds is 4. The van der Waals surface area contributed by atoms with E-state index in [0.717, 1.165) is 73.0 Å². The molecule has 0 spiro atoms. The average molecular weight is 840 g/mol. The number of nitrogens with zero attached hydrogens (tertiary/aromatic N) is 5. The molecule has 4 aromatic heterocycles. The smallest absolute Gasteiger partial charge is 0.418 e. The summed E-state index contributed by atoms with van der Waals surface area (Å²) >= 11 is 0. The lowest BCUT2D eigenvalue weighted by atomic mass is 9.79. The molecule has 6 nitrogen and oxygen atoms in total. The Hall–Kier alpha value is -6.74. The van der Waals surface area contributed by atoms with Crippen molar-refractivity contribution in [1.82, 2.24) is 23.9 Å². The molecule has 10 aromatic rings. The first kappa shape index (κ1) is 40.3. The van der Waals surface area contributed by atoms with Crippen LogP contribution in [0.5, 0.6) is 5.75 Å². The number of aromatic nitrogens is 5. The molecule has 0 bridgehead atoms. The number of para-hydroxylation sites is 1. The van der Waals surface area contributed by atoms with Crippen molar-refractivity contribution in [3.63, 3.8) is 0 Å². The molecule has 0 amide bonds. The second kappa shape index (κ2) is 13.6. The van der Waals surface area contributed by atoms with Gasteiger partial charge in [0.15, 0.2) is 0 Å². The number of pyridine rings is 2. The molecule has 10 rings (SSSR count). The molecule has 9 heteroatoms. The van der Waals surface area contributed by atoms with Crippen molar-refractivity contribution in [3.05, 3.63) is 142 Å². The third-order valence-electron chi connectivity index (χ3n) is 12.7. The molecule has 0 radical (unpaired) electrons. The third kappa shape index (κ3) is 6.18. The van der Waals surface area contributed by atoms with Gasteiger partial charge >= 0.3 is 6.18 Å². The van der Waals surface area contributed by atoms with Crippen LogP contribution in [-0.2, 0) is 17.0 Å². The second-order valence-corrected chi connectivity index (χ2v) is 19.3. The molecule has 6 aromatic carbocycles. The number of aromatic hydroxyl groups is 1. The van der Waals surface area contributed by atoms with Crippen LogP contribution >= 0.6 is 0 Å². The Morgan fingerprint density at radius 3 is 2.05 bits per heavy atom. The Kier molecular flexibility index (Phi) is 8.73. The zero-order valence-electron chi connectivity index (χ0n) is 37.1. The minimum Gasteiger partial charge on any atom is -0.507 e. The molecule has 0 aliphatic carbocycles. The fourth-order valence-electron chi connectivity index (χ4n) is 9.77. The number of phenolic OH excluding ortho intramolecular Hbond substituents is 1. The molecule has 0 atom stereocenters. The standard InChI is InChI=1S/C54H48F3N5O/c1-28-21-29(2)47(37(22-28)32-15-12-11-13-16-32)62-43-18-14-17-35(45(43)60-51(62)39-25-34(52(5,6)7)26-40(50(39)63)53(8,9)10)33-23-30(3)48-38(24-33)46-44-36(41(27-58-46)54(55,56)57)19-20-42-49(44)61(48)31(4)59-42/h11-27,63H,1-10H3. The Morgan fingerprint density at radius 1 is 0.603 bits per heavy atom. The van der Waals surface area contributed by atoms with Crippen molar-refractivity contribution < 1.29 is 18.3 Å². The van der Waals surface area contributed by atoms with E-state index in [4.69, 9.17) is 9.97 Å². The molecular formula is C54H48F3N5O. The fraction of sp³-hybridized carbons (Fsp3) is 0.241. The quantitative estimate of drug-likeness (QED) is 0.142. The van der Waals surface area contributed by atoms with Crippen LogP contribution in [0.1, 0.15) is 80.7 Å². The lowest BCUT2D eigenvalue weighted by Gasteiger charge is -2.28. The summed E-state index contributed by atoms with van der Waals surface area (Å²) in [6.07, 6.45) is -3.63. The van der Waals surface area contributed by atoms with Crippen LogP contribution in [-0.4, -0.2) is 29.0 Å². The van der Waals surface area contributed by atoms with E-state index in [0.29, 0.717) is 50.1 Å². The lowest BCUT2D eigenvalue weighted by Crippen LogP contribution is -2.17. The predicted octanol–water partition coefficient (Wildman–Crippen LogP) is 14.5. The topological polar surface area (TPSA) is 68.2 Å². The molecule has 316 valence electrons. The van der Waals surface area contributed by atoms with Crippen LogP contribution in [0.4, 0.5) is 13.2 Å². The SMILES string of the molecule is Cc1cc(C)c(-n2c(-c3cc(C(C)(C)C)cc(C(C)(C)C)c3O)nc3c(-c4cc(C)c5c(c4)c4ncc(C(F)(F)F)c6ccc7nc(C)n5c7c64)cccc32)c(-c2ccccc2)c1. The van der Waals surface area contributed by atoms with Crippen LogP contribution in [0.25, 0.3) is 88.6 Å². The molecular weight excluding hydrogens is 792 g/mol. The zero-order valence-corrected chi connectivity index (χ0v) is 37.1. The molecule has 0 aliphatic heterocycles. The lowest BCUT2D eigenvalue weighted by molar-refractivity contribution is -0.136. The second-order valence-electron chi connectivity index (χ2n) is 19.3. The average Bonchev–Trinajstić information content (AvgIpc) is 3.76. The van der Waals surface area contributed by atoms with Crippen LogP contribution < -0.4 is 0 Å². The normalized spacial score (nSPS) is 12.9. The predicted molar refractivity (Wildman–Crippen MR) is 251 cm³/mol. The van der Waals surface area contributed by atoms with Gasteiger partial charge in [0.2, 0.25) is 0 Å². The first-order valence-electron chi connectivity index (χ1n) is 21.3. The molecule has 0 saturated carbocycles. The van der Waals surface area contributed by atoms with Crippen molar-refractivity contribution >= 4 is 49.3 Å². The highest BCUT2D eigenvalue weighted by Gasteiger charge is 2.35. The highest BCUT2D eigenvalue weighted by atomic mass is 19.4. The van der Waals surface area contributed by atoms with Crippen LogP contribution in [0.3, 0.4) is 0 Å². The van der Waals surface area contributed by atoms with E-state index in [2.05, 4.69) is 113 Å². The minimum atomic E-state index is -4.59. The van der Waals surface area contributed by atoms with Crippen molar-refractivity contribution in [2.24, 2.45) is 0 Å². The van der Waals surface area contributed by atoms with E-state index in [9.17, 15) is 18.3 Å². The van der Waals surface area contributed by atoms with Gasteiger partial charge in [-0.05, 0) is 108 Å². The van der Waals surface area contributed by atoms with Gasteiger partial charge in [-0.15, -0.1) is 0 Å². The molecule has 0 unspecified atom stereocenters. The van der Waals surface area contributed by atoms with Gasteiger partial charge in [0.05, 0.1) is 49.9 Å². The molecule has 0 aliphatic rings. The number of phenols is 1. The van der Waals surface area contributed by atoms with E-state index in [-0.39, 0.29) is 22.0 Å².